The number of esters is 1. The molecule has 0 aliphatic rings. The van der Waals surface area contributed by atoms with E-state index in [0.29, 0.717) is 25.4 Å². The van der Waals surface area contributed by atoms with Crippen molar-refractivity contribution >= 4 is 11.9 Å². The van der Waals surface area contributed by atoms with Crippen LogP contribution in [0.15, 0.2) is 24.3 Å². The first-order chi connectivity index (χ1) is 12.5. The van der Waals surface area contributed by atoms with Gasteiger partial charge in [0.1, 0.15) is 0 Å². The van der Waals surface area contributed by atoms with E-state index >= 15 is 0 Å². The van der Waals surface area contributed by atoms with Crippen LogP contribution in [0.25, 0.3) is 0 Å². The van der Waals surface area contributed by atoms with Gasteiger partial charge in [0.25, 0.3) is 0 Å². The largest absolute Gasteiger partial charge is 0.469 e. The van der Waals surface area contributed by atoms with Gasteiger partial charge in [0, 0.05) is 19.9 Å². The van der Waals surface area contributed by atoms with Crippen LogP contribution in [0.2, 0.25) is 0 Å². The highest BCUT2D eigenvalue weighted by Gasteiger charge is 2.14. The Balaban J connectivity index is 2.29. The zero-order valence-electron chi connectivity index (χ0n) is 16.5. The zero-order chi connectivity index (χ0) is 19.4. The minimum absolute atomic E-state index is 0.0752. The molecule has 1 aromatic carbocycles. The average Bonchev–Trinajstić information content (AvgIpc) is 2.67. The summed E-state index contributed by atoms with van der Waals surface area (Å²) >= 11 is 0. The molecule has 0 aliphatic carbocycles. The summed E-state index contributed by atoms with van der Waals surface area (Å²) in [4.78, 5) is 22.4. The van der Waals surface area contributed by atoms with Crippen LogP contribution in [-0.4, -0.2) is 32.1 Å². The molecule has 0 saturated carbocycles. The maximum absolute atomic E-state index is 11.3. The Morgan fingerprint density at radius 2 is 1.69 bits per heavy atom. The number of unbranched alkanes of at least 4 members (excludes halogenated alkanes) is 1. The summed E-state index contributed by atoms with van der Waals surface area (Å²) in [5, 5.41) is 2.65. The highest BCUT2D eigenvalue weighted by Crippen LogP contribution is 2.16. The van der Waals surface area contributed by atoms with Crippen LogP contribution >= 0.6 is 0 Å². The fourth-order valence-corrected chi connectivity index (χ4v) is 2.61. The van der Waals surface area contributed by atoms with E-state index in [1.54, 1.807) is 7.05 Å². The molecule has 5 nitrogen and oxygen atoms in total. The predicted molar refractivity (Wildman–Crippen MR) is 103 cm³/mol. The molecule has 146 valence electrons. The van der Waals surface area contributed by atoms with E-state index in [1.165, 1.54) is 12.7 Å². The summed E-state index contributed by atoms with van der Waals surface area (Å²) in [7, 11) is 3.09. The van der Waals surface area contributed by atoms with Gasteiger partial charge < -0.3 is 14.8 Å². The number of ether oxygens (including phenoxy) is 2. The number of amides is 1. The van der Waals surface area contributed by atoms with Gasteiger partial charge in [-0.25, -0.2) is 0 Å². The van der Waals surface area contributed by atoms with Crippen molar-refractivity contribution in [2.45, 2.75) is 65.1 Å². The number of benzene rings is 1. The molecule has 1 N–H and O–H groups in total. The number of carbonyl (C=O) groups is 2. The lowest BCUT2D eigenvalue weighted by molar-refractivity contribution is -0.140. The van der Waals surface area contributed by atoms with Crippen LogP contribution in [-0.2, 0) is 32.1 Å². The third kappa shape index (κ3) is 8.99. The summed E-state index contributed by atoms with van der Waals surface area (Å²) < 4.78 is 10.6. The number of methoxy groups -OCH3 is 1. The van der Waals surface area contributed by atoms with Crippen molar-refractivity contribution in [3.63, 3.8) is 0 Å². The summed E-state index contributed by atoms with van der Waals surface area (Å²) in [5.74, 6) is 0.267. The molecular weight excluding hydrogens is 330 g/mol. The molecule has 0 fully saturated rings. The van der Waals surface area contributed by atoms with Gasteiger partial charge in [0.2, 0.25) is 5.91 Å². The number of rotatable bonds is 12. The smallest absolute Gasteiger partial charge is 0.305 e. The Hall–Kier alpha value is -1.88. The van der Waals surface area contributed by atoms with Crippen LogP contribution in [0.5, 0.6) is 0 Å². The minimum atomic E-state index is -0.142. The Bertz CT molecular complexity index is 541. The molecule has 0 saturated heterocycles. The number of nitrogens with one attached hydrogen (secondary N) is 1. The fraction of sp³-hybridized carbons (Fsp3) is 0.619. The van der Waals surface area contributed by atoms with Crippen LogP contribution < -0.4 is 5.32 Å². The van der Waals surface area contributed by atoms with E-state index in [1.807, 2.05) is 0 Å². The van der Waals surface area contributed by atoms with E-state index in [-0.39, 0.29) is 18.0 Å². The molecule has 0 heterocycles. The van der Waals surface area contributed by atoms with Gasteiger partial charge in [0.15, 0.2) is 0 Å². The highest BCUT2D eigenvalue weighted by atomic mass is 16.5. The Morgan fingerprint density at radius 3 is 2.31 bits per heavy atom. The summed E-state index contributed by atoms with van der Waals surface area (Å²) in [6.45, 7) is 4.75. The predicted octanol–water partition coefficient (Wildman–Crippen LogP) is 3.64. The summed E-state index contributed by atoms with van der Waals surface area (Å²) in [6, 6.07) is 8.43. The third-order valence-corrected chi connectivity index (χ3v) is 4.77. The van der Waals surface area contributed by atoms with Gasteiger partial charge in [-0.15, -0.1) is 0 Å². The Morgan fingerprint density at radius 1 is 1.04 bits per heavy atom. The first-order valence-corrected chi connectivity index (χ1v) is 9.43. The first kappa shape index (κ1) is 22.2. The molecule has 2 atom stereocenters. The van der Waals surface area contributed by atoms with E-state index in [2.05, 4.69) is 48.2 Å². The topological polar surface area (TPSA) is 64.6 Å². The summed E-state index contributed by atoms with van der Waals surface area (Å²) in [5.41, 5.74) is 2.42. The molecule has 1 rings (SSSR count). The molecule has 0 radical (unpaired) electrons. The molecule has 0 bridgehead atoms. The van der Waals surface area contributed by atoms with E-state index in [9.17, 15) is 9.59 Å². The van der Waals surface area contributed by atoms with E-state index < -0.39 is 0 Å². The molecule has 0 spiro atoms. The SMILES string of the molecule is CNC(=O)CC[C@H](C)[C@@H](C)OCc1ccc(CCCCC(=O)OC)cc1. The second-order valence-corrected chi connectivity index (χ2v) is 6.80. The lowest BCUT2D eigenvalue weighted by atomic mass is 10.00. The number of hydrogen-bond acceptors (Lipinski definition) is 4. The van der Waals surface area contributed by atoms with Gasteiger partial charge in [-0.2, -0.15) is 0 Å². The van der Waals surface area contributed by atoms with Gasteiger partial charge in [-0.3, -0.25) is 9.59 Å². The van der Waals surface area contributed by atoms with Gasteiger partial charge in [-0.1, -0.05) is 31.2 Å². The molecule has 0 aliphatic heterocycles. The maximum Gasteiger partial charge on any atom is 0.305 e. The monoisotopic (exact) mass is 363 g/mol. The minimum Gasteiger partial charge on any atom is -0.469 e. The van der Waals surface area contributed by atoms with Crippen molar-refractivity contribution in [2.24, 2.45) is 5.92 Å². The van der Waals surface area contributed by atoms with Crippen molar-refractivity contribution in [1.29, 1.82) is 0 Å². The second-order valence-electron chi connectivity index (χ2n) is 6.80. The maximum atomic E-state index is 11.3. The quantitative estimate of drug-likeness (QED) is 0.455. The molecule has 5 heteroatoms. The summed E-state index contributed by atoms with van der Waals surface area (Å²) in [6.07, 6.45) is 4.75. The van der Waals surface area contributed by atoms with Crippen molar-refractivity contribution in [3.8, 4) is 0 Å². The van der Waals surface area contributed by atoms with E-state index in [0.717, 1.165) is 31.2 Å². The number of aryl methyl sites for hydroxylation is 1. The normalized spacial score (nSPS) is 13.1. The van der Waals surface area contributed by atoms with Crippen LogP contribution in [0, 0.1) is 5.92 Å². The van der Waals surface area contributed by atoms with Gasteiger partial charge >= 0.3 is 5.97 Å². The van der Waals surface area contributed by atoms with Crippen molar-refractivity contribution in [1.82, 2.24) is 5.32 Å². The Labute approximate surface area is 157 Å². The van der Waals surface area contributed by atoms with Gasteiger partial charge in [0.05, 0.1) is 19.8 Å². The molecule has 1 aromatic rings. The number of carbonyl (C=O) groups excluding carboxylic acids is 2. The standard InChI is InChI=1S/C21H33NO4/c1-16(9-14-20(23)22-3)17(2)26-15-19-12-10-18(11-13-19)7-5-6-8-21(24)25-4/h10-13,16-17H,5-9,14-15H2,1-4H3,(H,22,23)/t16-,17+/m0/s1. The first-order valence-electron chi connectivity index (χ1n) is 9.43. The Kier molecular flexibility index (Phi) is 10.6. The average molecular weight is 363 g/mol. The lowest BCUT2D eigenvalue weighted by Crippen LogP contribution is -2.22. The van der Waals surface area contributed by atoms with Crippen molar-refractivity contribution in [2.75, 3.05) is 14.2 Å². The van der Waals surface area contributed by atoms with Crippen LogP contribution in [0.3, 0.4) is 0 Å². The molecule has 0 unspecified atom stereocenters. The zero-order valence-corrected chi connectivity index (χ0v) is 16.5. The molecular formula is C21H33NO4. The lowest BCUT2D eigenvalue weighted by Gasteiger charge is -2.20. The number of hydrogen-bond donors (Lipinski definition) is 1. The van der Waals surface area contributed by atoms with Crippen molar-refractivity contribution in [3.05, 3.63) is 35.4 Å². The second kappa shape index (κ2) is 12.5. The molecule has 26 heavy (non-hydrogen) atoms. The molecule has 1 amide bonds. The third-order valence-electron chi connectivity index (χ3n) is 4.77. The van der Waals surface area contributed by atoms with E-state index in [4.69, 9.17) is 4.74 Å². The highest BCUT2D eigenvalue weighted by molar-refractivity contribution is 5.75. The van der Waals surface area contributed by atoms with Gasteiger partial charge in [-0.05, 0) is 49.7 Å². The fourth-order valence-electron chi connectivity index (χ4n) is 2.61. The van der Waals surface area contributed by atoms with Crippen LogP contribution in [0.1, 0.15) is 57.1 Å². The van der Waals surface area contributed by atoms with Crippen LogP contribution in [0.4, 0.5) is 0 Å². The molecule has 0 aromatic heterocycles. The van der Waals surface area contributed by atoms with Crippen molar-refractivity contribution < 1.29 is 19.1 Å².